The van der Waals surface area contributed by atoms with Crippen LogP contribution in [-0.2, 0) is 0 Å². The zero-order valence-electron chi connectivity index (χ0n) is 11.6. The topological polar surface area (TPSA) is 38.0 Å². The van der Waals surface area contributed by atoms with Gasteiger partial charge in [-0.15, -0.1) is 0 Å². The summed E-state index contributed by atoms with van der Waals surface area (Å²) in [7, 11) is 0. The van der Waals surface area contributed by atoms with E-state index in [0.29, 0.717) is 12.1 Å². The minimum absolute atomic E-state index is 0.218. The molecule has 2 aliphatic rings. The minimum atomic E-state index is 0.218. The molecule has 3 rings (SSSR count). The minimum Gasteiger partial charge on any atom is -0.324 e. The first-order valence-corrected chi connectivity index (χ1v) is 8.55. The second kappa shape index (κ2) is 5.86. The first-order chi connectivity index (χ1) is 9.28. The fourth-order valence-electron chi connectivity index (χ4n) is 3.59. The average Bonchev–Trinajstić information content (AvgIpc) is 2.97. The van der Waals surface area contributed by atoms with Crippen LogP contribution in [0.5, 0.6) is 0 Å². The van der Waals surface area contributed by atoms with Crippen molar-refractivity contribution >= 4 is 11.8 Å². The van der Waals surface area contributed by atoms with Gasteiger partial charge in [0.25, 0.3) is 0 Å². The first kappa shape index (κ1) is 13.5. The van der Waals surface area contributed by atoms with Gasteiger partial charge in [0.05, 0.1) is 0 Å². The van der Waals surface area contributed by atoms with Crippen LogP contribution >= 0.6 is 11.8 Å². The summed E-state index contributed by atoms with van der Waals surface area (Å²) in [6.45, 7) is 2.26. The highest BCUT2D eigenvalue weighted by Crippen LogP contribution is 2.39. The SMILES string of the molecule is CCSC1CCC(NC2CC(N)c3ccccc32)C1. The van der Waals surface area contributed by atoms with Crippen LogP contribution in [0.2, 0.25) is 0 Å². The van der Waals surface area contributed by atoms with Gasteiger partial charge < -0.3 is 11.1 Å². The van der Waals surface area contributed by atoms with Gasteiger partial charge in [-0.2, -0.15) is 11.8 Å². The molecular formula is C16H24N2S. The summed E-state index contributed by atoms with van der Waals surface area (Å²) in [6, 6.07) is 10.0. The van der Waals surface area contributed by atoms with Crippen LogP contribution in [0.4, 0.5) is 0 Å². The van der Waals surface area contributed by atoms with E-state index >= 15 is 0 Å². The Morgan fingerprint density at radius 3 is 2.79 bits per heavy atom. The van der Waals surface area contributed by atoms with Gasteiger partial charge in [-0.3, -0.25) is 0 Å². The van der Waals surface area contributed by atoms with Crippen molar-refractivity contribution in [3.8, 4) is 0 Å². The van der Waals surface area contributed by atoms with E-state index in [0.717, 1.165) is 11.7 Å². The molecule has 0 aliphatic heterocycles. The molecule has 1 fully saturated rings. The molecule has 0 aromatic heterocycles. The second-order valence-corrected chi connectivity index (χ2v) is 7.36. The van der Waals surface area contributed by atoms with Gasteiger partial charge in [0.1, 0.15) is 0 Å². The molecule has 0 amide bonds. The van der Waals surface area contributed by atoms with Gasteiger partial charge in [0, 0.05) is 23.4 Å². The highest BCUT2D eigenvalue weighted by atomic mass is 32.2. The molecule has 0 bridgehead atoms. The summed E-state index contributed by atoms with van der Waals surface area (Å²) in [5.41, 5.74) is 9.02. The lowest BCUT2D eigenvalue weighted by atomic mass is 10.1. The maximum absolute atomic E-state index is 6.24. The van der Waals surface area contributed by atoms with Crippen molar-refractivity contribution in [1.29, 1.82) is 0 Å². The third-order valence-electron chi connectivity index (χ3n) is 4.48. The van der Waals surface area contributed by atoms with E-state index in [4.69, 9.17) is 5.73 Å². The Morgan fingerprint density at radius 2 is 2.00 bits per heavy atom. The van der Waals surface area contributed by atoms with E-state index in [9.17, 15) is 0 Å². The van der Waals surface area contributed by atoms with Crippen LogP contribution in [0.1, 0.15) is 55.8 Å². The Balaban J connectivity index is 1.63. The van der Waals surface area contributed by atoms with Crippen molar-refractivity contribution < 1.29 is 0 Å². The molecule has 2 nitrogen and oxygen atoms in total. The standard InChI is InChI=1S/C16H24N2S/c1-2-19-12-8-7-11(9-12)18-16-10-15(17)13-5-3-4-6-14(13)16/h3-6,11-12,15-16,18H,2,7-10,17H2,1H3. The van der Waals surface area contributed by atoms with Gasteiger partial charge in [-0.25, -0.2) is 0 Å². The summed E-state index contributed by atoms with van der Waals surface area (Å²) < 4.78 is 0. The monoisotopic (exact) mass is 276 g/mol. The Morgan fingerprint density at radius 1 is 1.21 bits per heavy atom. The zero-order valence-corrected chi connectivity index (χ0v) is 12.5. The van der Waals surface area contributed by atoms with Crippen molar-refractivity contribution in [3.05, 3.63) is 35.4 Å². The third kappa shape index (κ3) is 2.83. The summed E-state index contributed by atoms with van der Waals surface area (Å²) in [4.78, 5) is 0. The largest absolute Gasteiger partial charge is 0.324 e. The lowest BCUT2D eigenvalue weighted by Gasteiger charge is -2.20. The van der Waals surface area contributed by atoms with Gasteiger partial charge in [-0.05, 0) is 42.6 Å². The fourth-order valence-corrected chi connectivity index (χ4v) is 4.74. The number of hydrogen-bond acceptors (Lipinski definition) is 3. The number of thioether (sulfide) groups is 1. The maximum Gasteiger partial charge on any atom is 0.0344 e. The van der Waals surface area contributed by atoms with E-state index in [-0.39, 0.29) is 6.04 Å². The van der Waals surface area contributed by atoms with Crippen LogP contribution in [0.3, 0.4) is 0 Å². The number of nitrogens with two attached hydrogens (primary N) is 1. The molecular weight excluding hydrogens is 252 g/mol. The molecule has 19 heavy (non-hydrogen) atoms. The second-order valence-electron chi connectivity index (χ2n) is 5.78. The fraction of sp³-hybridized carbons (Fsp3) is 0.625. The highest BCUT2D eigenvalue weighted by Gasteiger charge is 2.32. The Kier molecular flexibility index (Phi) is 4.15. The third-order valence-corrected chi connectivity index (χ3v) is 5.72. The molecule has 1 saturated carbocycles. The summed E-state index contributed by atoms with van der Waals surface area (Å²) in [5, 5.41) is 4.73. The lowest BCUT2D eigenvalue weighted by molar-refractivity contribution is 0.423. The van der Waals surface area contributed by atoms with Gasteiger partial charge >= 0.3 is 0 Å². The summed E-state index contributed by atoms with van der Waals surface area (Å²) >= 11 is 2.12. The van der Waals surface area contributed by atoms with Crippen molar-refractivity contribution in [3.63, 3.8) is 0 Å². The number of nitrogens with one attached hydrogen (secondary N) is 1. The number of rotatable bonds is 4. The van der Waals surface area contributed by atoms with Gasteiger partial charge in [0.2, 0.25) is 0 Å². The number of fused-ring (bicyclic) bond motifs is 1. The Hall–Kier alpha value is -0.510. The molecule has 3 heteroatoms. The molecule has 104 valence electrons. The molecule has 0 heterocycles. The molecule has 4 atom stereocenters. The van der Waals surface area contributed by atoms with Crippen molar-refractivity contribution in [2.24, 2.45) is 5.73 Å². The molecule has 4 unspecified atom stereocenters. The smallest absolute Gasteiger partial charge is 0.0344 e. The normalized spacial score (nSPS) is 33.6. The van der Waals surface area contributed by atoms with Crippen LogP contribution in [0.15, 0.2) is 24.3 Å². The molecule has 3 N–H and O–H groups in total. The average molecular weight is 276 g/mol. The van der Waals surface area contributed by atoms with E-state index in [2.05, 4.69) is 48.3 Å². The quantitative estimate of drug-likeness (QED) is 0.885. The summed E-state index contributed by atoms with van der Waals surface area (Å²) in [6.07, 6.45) is 5.08. The van der Waals surface area contributed by atoms with E-state index in [1.54, 1.807) is 0 Å². The zero-order chi connectivity index (χ0) is 13.2. The van der Waals surface area contributed by atoms with Crippen molar-refractivity contribution in [2.75, 3.05) is 5.75 Å². The molecule has 0 spiro atoms. The predicted molar refractivity (Wildman–Crippen MR) is 83.4 cm³/mol. The van der Waals surface area contributed by atoms with Gasteiger partial charge in [0.15, 0.2) is 0 Å². The molecule has 2 aliphatic carbocycles. The van der Waals surface area contributed by atoms with Crippen molar-refractivity contribution in [2.45, 2.75) is 56.0 Å². The Bertz CT molecular complexity index is 435. The molecule has 1 aromatic rings. The van der Waals surface area contributed by atoms with Crippen LogP contribution in [-0.4, -0.2) is 17.0 Å². The van der Waals surface area contributed by atoms with Gasteiger partial charge in [-0.1, -0.05) is 31.2 Å². The van der Waals surface area contributed by atoms with Crippen LogP contribution in [0, 0.1) is 0 Å². The van der Waals surface area contributed by atoms with Crippen molar-refractivity contribution in [1.82, 2.24) is 5.32 Å². The molecule has 0 radical (unpaired) electrons. The highest BCUT2D eigenvalue weighted by molar-refractivity contribution is 7.99. The first-order valence-electron chi connectivity index (χ1n) is 7.50. The van der Waals surface area contributed by atoms with E-state index in [1.165, 1.54) is 36.1 Å². The predicted octanol–water partition coefficient (Wildman–Crippen LogP) is 3.40. The van der Waals surface area contributed by atoms with E-state index < -0.39 is 0 Å². The molecule has 1 aromatic carbocycles. The van der Waals surface area contributed by atoms with Crippen LogP contribution in [0.25, 0.3) is 0 Å². The number of benzene rings is 1. The van der Waals surface area contributed by atoms with E-state index in [1.807, 2.05) is 0 Å². The summed E-state index contributed by atoms with van der Waals surface area (Å²) in [5.74, 6) is 1.24. The lowest BCUT2D eigenvalue weighted by Crippen LogP contribution is -2.30. The Labute approximate surface area is 120 Å². The number of hydrogen-bond donors (Lipinski definition) is 2. The molecule has 0 saturated heterocycles. The van der Waals surface area contributed by atoms with Crippen LogP contribution < -0.4 is 11.1 Å². The maximum atomic E-state index is 6.24.